The van der Waals surface area contributed by atoms with Crippen LogP contribution in [0.3, 0.4) is 0 Å². The number of carbonyl (C=O) groups is 1. The Morgan fingerprint density at radius 1 is 1.04 bits per heavy atom. The van der Waals surface area contributed by atoms with Gasteiger partial charge < -0.3 is 0 Å². The van der Waals surface area contributed by atoms with E-state index in [1.165, 1.54) is 23.1 Å². The Hall–Kier alpha value is -2.18. The zero-order valence-corrected chi connectivity index (χ0v) is 14.1. The summed E-state index contributed by atoms with van der Waals surface area (Å²) in [6.07, 6.45) is 0. The number of thioether (sulfide) groups is 1. The van der Waals surface area contributed by atoms with Crippen LogP contribution >= 0.6 is 23.1 Å². The minimum absolute atomic E-state index is 0.0744. The smallest absolute Gasteiger partial charge is 0.239 e. The molecule has 0 aliphatic heterocycles. The van der Waals surface area contributed by atoms with Gasteiger partial charge in [-0.25, -0.2) is 0 Å². The van der Waals surface area contributed by atoms with E-state index in [9.17, 15) is 4.79 Å². The number of rotatable bonds is 5. The molecule has 0 aliphatic carbocycles. The monoisotopic (exact) mass is 341 g/mol. The summed E-state index contributed by atoms with van der Waals surface area (Å²) in [4.78, 5) is 13.3. The average molecular weight is 341 g/mol. The molecule has 0 fully saturated rings. The molecule has 0 spiro atoms. The fraction of sp³-hybridized carbons (Fsp3) is 0.118. The first-order valence-electron chi connectivity index (χ1n) is 7.14. The average Bonchev–Trinajstić information content (AvgIpc) is 3.05. The normalized spacial score (nSPS) is 11.9. The molecule has 1 N–H and O–H groups in total. The van der Waals surface area contributed by atoms with E-state index >= 15 is 0 Å². The van der Waals surface area contributed by atoms with E-state index < -0.39 is 0 Å². The Kier molecular flexibility index (Phi) is 5.05. The van der Waals surface area contributed by atoms with Crippen LogP contribution in [0.4, 0.5) is 5.13 Å². The maximum Gasteiger partial charge on any atom is 0.239 e. The maximum atomic E-state index is 12.3. The zero-order valence-electron chi connectivity index (χ0n) is 12.5. The molecular formula is C17H15N3OS2. The lowest BCUT2D eigenvalue weighted by molar-refractivity contribution is -0.115. The minimum Gasteiger partial charge on any atom is -0.300 e. The lowest BCUT2D eigenvalue weighted by Crippen LogP contribution is -2.22. The van der Waals surface area contributed by atoms with Crippen LogP contribution in [0, 0.1) is 0 Å². The number of hydrogen-bond donors (Lipinski definition) is 1. The van der Waals surface area contributed by atoms with Gasteiger partial charge in [-0.3, -0.25) is 10.1 Å². The van der Waals surface area contributed by atoms with Gasteiger partial charge in [0.2, 0.25) is 11.0 Å². The number of hydrogen-bond acceptors (Lipinski definition) is 5. The number of anilines is 1. The lowest BCUT2D eigenvalue weighted by atomic mass is 10.2. The van der Waals surface area contributed by atoms with Crippen LogP contribution in [0.5, 0.6) is 0 Å². The van der Waals surface area contributed by atoms with Crippen molar-refractivity contribution >= 4 is 34.1 Å². The van der Waals surface area contributed by atoms with E-state index in [4.69, 9.17) is 0 Å². The molecule has 0 aliphatic rings. The third-order valence-electron chi connectivity index (χ3n) is 3.10. The van der Waals surface area contributed by atoms with Gasteiger partial charge in [-0.2, -0.15) is 0 Å². The first-order chi connectivity index (χ1) is 11.2. The van der Waals surface area contributed by atoms with E-state index in [1.807, 2.05) is 67.6 Å². The summed E-state index contributed by atoms with van der Waals surface area (Å²) in [5.74, 6) is -0.0744. The summed E-state index contributed by atoms with van der Waals surface area (Å²) in [6, 6.07) is 19.7. The SMILES string of the molecule is C[C@@H](Sc1ccccc1)C(=O)Nc1nnc(-c2ccccc2)s1. The first-order valence-corrected chi connectivity index (χ1v) is 8.83. The highest BCUT2D eigenvalue weighted by molar-refractivity contribution is 8.00. The summed E-state index contributed by atoms with van der Waals surface area (Å²) in [6.45, 7) is 1.88. The van der Waals surface area contributed by atoms with Gasteiger partial charge in [0.25, 0.3) is 0 Å². The van der Waals surface area contributed by atoms with Crippen LogP contribution in [0.25, 0.3) is 10.6 Å². The second-order valence-corrected chi connectivity index (χ2v) is 7.23. The molecule has 0 unspecified atom stereocenters. The molecule has 116 valence electrons. The van der Waals surface area contributed by atoms with Crippen LogP contribution < -0.4 is 5.32 Å². The quantitative estimate of drug-likeness (QED) is 0.702. The Labute approximate surface area is 143 Å². The summed E-state index contributed by atoms with van der Waals surface area (Å²) in [5, 5.41) is 12.1. The van der Waals surface area contributed by atoms with Crippen molar-refractivity contribution in [3.05, 3.63) is 60.7 Å². The zero-order chi connectivity index (χ0) is 16.1. The molecule has 3 aromatic rings. The van der Waals surface area contributed by atoms with Gasteiger partial charge in [-0.05, 0) is 19.1 Å². The Morgan fingerprint density at radius 3 is 2.39 bits per heavy atom. The Bertz CT molecular complexity index is 775. The lowest BCUT2D eigenvalue weighted by Gasteiger charge is -2.09. The predicted octanol–water partition coefficient (Wildman–Crippen LogP) is 4.32. The summed E-state index contributed by atoms with van der Waals surface area (Å²) >= 11 is 2.89. The third kappa shape index (κ3) is 4.18. The van der Waals surface area contributed by atoms with Crippen molar-refractivity contribution in [2.24, 2.45) is 0 Å². The number of aromatic nitrogens is 2. The summed E-state index contributed by atoms with van der Waals surface area (Å²) in [5.41, 5.74) is 0.997. The first kappa shape index (κ1) is 15.7. The van der Waals surface area contributed by atoms with Crippen molar-refractivity contribution in [1.29, 1.82) is 0 Å². The second-order valence-electron chi connectivity index (χ2n) is 4.84. The molecule has 2 aromatic carbocycles. The van der Waals surface area contributed by atoms with Gasteiger partial charge in [0.1, 0.15) is 5.01 Å². The van der Waals surface area contributed by atoms with Gasteiger partial charge in [0.05, 0.1) is 5.25 Å². The largest absolute Gasteiger partial charge is 0.300 e. The van der Waals surface area contributed by atoms with E-state index in [-0.39, 0.29) is 11.2 Å². The van der Waals surface area contributed by atoms with E-state index in [2.05, 4.69) is 15.5 Å². The second kappa shape index (κ2) is 7.39. The molecule has 1 aromatic heterocycles. The van der Waals surface area contributed by atoms with Gasteiger partial charge in [0.15, 0.2) is 0 Å². The number of nitrogens with zero attached hydrogens (tertiary/aromatic N) is 2. The van der Waals surface area contributed by atoms with Crippen LogP contribution in [0.2, 0.25) is 0 Å². The molecule has 23 heavy (non-hydrogen) atoms. The highest BCUT2D eigenvalue weighted by Crippen LogP contribution is 2.27. The molecule has 0 saturated carbocycles. The summed E-state index contributed by atoms with van der Waals surface area (Å²) < 4.78 is 0. The van der Waals surface area contributed by atoms with Crippen LogP contribution in [-0.4, -0.2) is 21.4 Å². The molecule has 0 saturated heterocycles. The maximum absolute atomic E-state index is 12.3. The Morgan fingerprint density at radius 2 is 1.70 bits per heavy atom. The molecular weight excluding hydrogens is 326 g/mol. The van der Waals surface area contributed by atoms with Crippen LogP contribution in [-0.2, 0) is 4.79 Å². The topological polar surface area (TPSA) is 54.9 Å². The molecule has 6 heteroatoms. The number of benzene rings is 2. The molecule has 0 bridgehead atoms. The number of carbonyl (C=O) groups excluding carboxylic acids is 1. The molecule has 1 amide bonds. The van der Waals surface area contributed by atoms with Gasteiger partial charge in [-0.1, -0.05) is 59.9 Å². The van der Waals surface area contributed by atoms with Crippen molar-refractivity contribution in [2.45, 2.75) is 17.1 Å². The molecule has 1 heterocycles. The number of nitrogens with one attached hydrogen (secondary N) is 1. The molecule has 1 atom stereocenters. The van der Waals surface area contributed by atoms with Crippen molar-refractivity contribution in [3.8, 4) is 10.6 Å². The third-order valence-corrected chi connectivity index (χ3v) is 5.10. The Balaban J connectivity index is 1.63. The summed E-state index contributed by atoms with van der Waals surface area (Å²) in [7, 11) is 0. The molecule has 4 nitrogen and oxygen atoms in total. The fourth-order valence-electron chi connectivity index (χ4n) is 1.93. The molecule has 0 radical (unpaired) electrons. The molecule has 3 rings (SSSR count). The predicted molar refractivity (Wildman–Crippen MR) is 95.7 cm³/mol. The van der Waals surface area contributed by atoms with Crippen molar-refractivity contribution in [2.75, 3.05) is 5.32 Å². The van der Waals surface area contributed by atoms with Gasteiger partial charge in [-0.15, -0.1) is 22.0 Å². The standard InChI is InChI=1S/C17H15N3OS2/c1-12(22-14-10-6-3-7-11-14)15(21)18-17-20-19-16(23-17)13-8-4-2-5-9-13/h2-12H,1H3,(H,18,20,21)/t12-/m1/s1. The van der Waals surface area contributed by atoms with Crippen molar-refractivity contribution < 1.29 is 4.79 Å². The van der Waals surface area contributed by atoms with E-state index in [1.54, 1.807) is 0 Å². The van der Waals surface area contributed by atoms with Gasteiger partial charge >= 0.3 is 0 Å². The fourth-order valence-corrected chi connectivity index (χ4v) is 3.58. The van der Waals surface area contributed by atoms with Crippen molar-refractivity contribution in [1.82, 2.24) is 10.2 Å². The minimum atomic E-state index is -0.207. The van der Waals surface area contributed by atoms with Crippen LogP contribution in [0.1, 0.15) is 6.92 Å². The highest BCUT2D eigenvalue weighted by Gasteiger charge is 2.16. The van der Waals surface area contributed by atoms with E-state index in [0.717, 1.165) is 15.5 Å². The van der Waals surface area contributed by atoms with Crippen molar-refractivity contribution in [3.63, 3.8) is 0 Å². The van der Waals surface area contributed by atoms with Gasteiger partial charge in [0, 0.05) is 10.5 Å². The van der Waals surface area contributed by atoms with E-state index in [0.29, 0.717) is 5.13 Å². The van der Waals surface area contributed by atoms with Crippen LogP contribution in [0.15, 0.2) is 65.6 Å². The highest BCUT2D eigenvalue weighted by atomic mass is 32.2. The number of amides is 1.